The van der Waals surface area contributed by atoms with E-state index in [4.69, 9.17) is 4.74 Å². The van der Waals surface area contributed by atoms with Crippen LogP contribution in [0.3, 0.4) is 0 Å². The summed E-state index contributed by atoms with van der Waals surface area (Å²) in [5.41, 5.74) is 0.361. The van der Waals surface area contributed by atoms with E-state index in [0.29, 0.717) is 76.1 Å². The van der Waals surface area contributed by atoms with Gasteiger partial charge in [-0.15, -0.1) is 0 Å². The molecule has 1 N–H and O–H groups in total. The molecule has 0 saturated carbocycles. The van der Waals surface area contributed by atoms with Gasteiger partial charge in [0.25, 0.3) is 6.43 Å². The number of phenols is 1. The van der Waals surface area contributed by atoms with Crippen molar-refractivity contribution in [2.75, 3.05) is 62.3 Å². The highest BCUT2D eigenvalue weighted by molar-refractivity contribution is 5.83. The topological polar surface area (TPSA) is 99.9 Å². The average Bonchev–Trinajstić information content (AvgIpc) is 3.30. The molecule has 0 aliphatic carbocycles. The van der Waals surface area contributed by atoms with Gasteiger partial charge in [0.05, 0.1) is 18.7 Å². The first-order valence-corrected chi connectivity index (χ1v) is 11.7. The van der Waals surface area contributed by atoms with Gasteiger partial charge in [0.15, 0.2) is 5.82 Å². The largest absolute Gasteiger partial charge is 0.506 e. The van der Waals surface area contributed by atoms with Crippen molar-refractivity contribution < 1.29 is 23.4 Å². The number of hydrogen-bond acceptors (Lipinski definition) is 8. The summed E-state index contributed by atoms with van der Waals surface area (Å²) in [5, 5.41) is 10.2. The molecule has 5 rings (SSSR count). The molecule has 4 heterocycles. The molecule has 35 heavy (non-hydrogen) atoms. The Hall–Kier alpha value is -3.54. The summed E-state index contributed by atoms with van der Waals surface area (Å²) in [7, 11) is 0. The number of anilines is 2. The lowest BCUT2D eigenvalue weighted by Crippen LogP contribution is -2.49. The number of rotatable bonds is 5. The zero-order valence-electron chi connectivity index (χ0n) is 19.4. The Morgan fingerprint density at radius 2 is 1.69 bits per heavy atom. The third-order valence-corrected chi connectivity index (χ3v) is 6.37. The van der Waals surface area contributed by atoms with Gasteiger partial charge in [-0.1, -0.05) is 13.0 Å². The van der Waals surface area contributed by atoms with Crippen molar-refractivity contribution in [2.24, 2.45) is 0 Å². The molecule has 10 nitrogen and oxygen atoms in total. The molecular formula is C23H27F2N7O3. The first kappa shape index (κ1) is 23.2. The van der Waals surface area contributed by atoms with Crippen molar-refractivity contribution in [3.8, 4) is 11.7 Å². The van der Waals surface area contributed by atoms with Gasteiger partial charge in [-0.2, -0.15) is 9.97 Å². The molecule has 0 bridgehead atoms. The van der Waals surface area contributed by atoms with Crippen molar-refractivity contribution >= 4 is 28.6 Å². The van der Waals surface area contributed by atoms with Crippen molar-refractivity contribution in [2.45, 2.75) is 19.8 Å². The minimum atomic E-state index is -2.90. The second-order valence-corrected chi connectivity index (χ2v) is 8.46. The van der Waals surface area contributed by atoms with Gasteiger partial charge in [0.1, 0.15) is 22.9 Å². The quantitative estimate of drug-likeness (QED) is 0.586. The van der Waals surface area contributed by atoms with Crippen LogP contribution in [0.5, 0.6) is 5.75 Å². The maximum Gasteiger partial charge on any atom is 0.296 e. The van der Waals surface area contributed by atoms with Crippen LogP contribution in [0.25, 0.3) is 17.0 Å². The summed E-state index contributed by atoms with van der Waals surface area (Å²) in [6.45, 7) is 6.40. The van der Waals surface area contributed by atoms with E-state index in [-0.39, 0.29) is 23.1 Å². The van der Waals surface area contributed by atoms with Gasteiger partial charge in [0.2, 0.25) is 11.9 Å². The number of halogens is 2. The van der Waals surface area contributed by atoms with Crippen LogP contribution in [0.15, 0.2) is 24.3 Å². The Morgan fingerprint density at radius 1 is 1.03 bits per heavy atom. The van der Waals surface area contributed by atoms with Crippen molar-refractivity contribution in [3.63, 3.8) is 0 Å². The van der Waals surface area contributed by atoms with Crippen LogP contribution in [-0.2, 0) is 9.53 Å². The van der Waals surface area contributed by atoms with Crippen LogP contribution in [-0.4, -0.2) is 87.9 Å². The van der Waals surface area contributed by atoms with Gasteiger partial charge in [0, 0.05) is 51.8 Å². The van der Waals surface area contributed by atoms with Crippen LogP contribution in [0.1, 0.15) is 25.6 Å². The second-order valence-electron chi connectivity index (χ2n) is 8.46. The summed E-state index contributed by atoms with van der Waals surface area (Å²) >= 11 is 0. The molecule has 0 unspecified atom stereocenters. The number of morpholine rings is 1. The number of nitrogens with zero attached hydrogens (tertiary/aromatic N) is 7. The number of para-hydroxylation sites is 1. The predicted octanol–water partition coefficient (Wildman–Crippen LogP) is 2.35. The zero-order chi connectivity index (χ0) is 24.5. The number of hydrogen-bond donors (Lipinski definition) is 1. The van der Waals surface area contributed by atoms with E-state index in [1.807, 2.05) is 27.7 Å². The van der Waals surface area contributed by atoms with Crippen molar-refractivity contribution in [3.05, 3.63) is 30.1 Å². The average molecular weight is 488 g/mol. The normalized spacial score (nSPS) is 17.0. The van der Waals surface area contributed by atoms with E-state index < -0.39 is 12.2 Å². The highest BCUT2D eigenvalue weighted by Gasteiger charge is 2.27. The Kier molecular flexibility index (Phi) is 6.37. The van der Waals surface area contributed by atoms with Gasteiger partial charge >= 0.3 is 0 Å². The lowest BCUT2D eigenvalue weighted by atomic mass is 10.2. The number of ether oxygens (including phenoxy) is 1. The number of imidazole rings is 1. The molecule has 0 radical (unpaired) electrons. The number of carbonyl (C=O) groups excluding carboxylic acids is 1. The monoisotopic (exact) mass is 487 g/mol. The van der Waals surface area contributed by atoms with E-state index in [9.17, 15) is 18.7 Å². The number of fused-ring (bicyclic) bond motifs is 1. The summed E-state index contributed by atoms with van der Waals surface area (Å²) in [6, 6.07) is 6.43. The molecule has 2 aromatic heterocycles. The van der Waals surface area contributed by atoms with E-state index in [1.54, 1.807) is 12.1 Å². The van der Waals surface area contributed by atoms with Crippen molar-refractivity contribution in [1.82, 2.24) is 24.4 Å². The summed E-state index contributed by atoms with van der Waals surface area (Å²) in [4.78, 5) is 31.3. The molecular weight excluding hydrogens is 460 g/mol. The molecule has 12 heteroatoms. The molecule has 2 aliphatic rings. The fourth-order valence-corrected chi connectivity index (χ4v) is 4.49. The third kappa shape index (κ3) is 4.45. The Labute approximate surface area is 200 Å². The van der Waals surface area contributed by atoms with E-state index >= 15 is 0 Å². The molecule has 2 aliphatic heterocycles. The van der Waals surface area contributed by atoms with E-state index in [1.165, 1.54) is 10.6 Å². The lowest BCUT2D eigenvalue weighted by molar-refractivity contribution is -0.131. The van der Waals surface area contributed by atoms with Gasteiger partial charge in [-0.05, 0) is 12.1 Å². The number of aromatic nitrogens is 4. The highest BCUT2D eigenvalue weighted by atomic mass is 19.3. The third-order valence-electron chi connectivity index (χ3n) is 6.37. The number of amides is 1. The Balaban J connectivity index is 1.60. The maximum atomic E-state index is 14.1. The van der Waals surface area contributed by atoms with Gasteiger partial charge in [-0.3, -0.25) is 9.36 Å². The van der Waals surface area contributed by atoms with Gasteiger partial charge in [-0.25, -0.2) is 13.8 Å². The van der Waals surface area contributed by atoms with Crippen molar-refractivity contribution in [1.29, 1.82) is 0 Å². The van der Waals surface area contributed by atoms with Crippen LogP contribution in [0.4, 0.5) is 20.4 Å². The van der Waals surface area contributed by atoms with Gasteiger partial charge < -0.3 is 24.5 Å². The van der Waals surface area contributed by atoms with E-state index in [0.717, 1.165) is 0 Å². The predicted molar refractivity (Wildman–Crippen MR) is 125 cm³/mol. The first-order chi connectivity index (χ1) is 17.0. The van der Waals surface area contributed by atoms with Crippen LogP contribution >= 0.6 is 0 Å². The molecule has 3 aromatic rings. The number of alkyl halides is 2. The molecule has 2 fully saturated rings. The standard InChI is InChI=1S/C23H27F2N7O3/c1-2-19(34)31-8-6-29(7-9-31)17-14-18(30-10-12-35-13-11-30)27-23(26-17)32-15-4-3-5-16(33)20(15)28-22(32)21(24)25/h3-5,14,21,33H,2,6-13H2,1H3. The molecule has 0 atom stereocenters. The number of aromatic hydroxyl groups is 1. The lowest BCUT2D eigenvalue weighted by Gasteiger charge is -2.36. The SMILES string of the molecule is CCC(=O)N1CCN(c2cc(N3CCOCC3)nc(-n3c(C(F)F)nc4c(O)cccc43)n2)CC1. The number of phenolic OH excluding ortho intramolecular Hbond substituents is 1. The summed E-state index contributed by atoms with van der Waals surface area (Å²) in [5.74, 6) is 0.618. The second kappa shape index (κ2) is 9.61. The first-order valence-electron chi connectivity index (χ1n) is 11.7. The summed E-state index contributed by atoms with van der Waals surface area (Å²) in [6.07, 6.45) is -2.44. The minimum Gasteiger partial charge on any atom is -0.506 e. The summed E-state index contributed by atoms with van der Waals surface area (Å²) < 4.78 is 34.8. The number of benzene rings is 1. The smallest absolute Gasteiger partial charge is 0.296 e. The molecule has 0 spiro atoms. The molecule has 1 aromatic carbocycles. The number of piperazine rings is 1. The van der Waals surface area contributed by atoms with Crippen LogP contribution in [0, 0.1) is 0 Å². The number of carbonyl (C=O) groups is 1. The maximum absolute atomic E-state index is 14.1. The van der Waals surface area contributed by atoms with Crippen LogP contribution in [0.2, 0.25) is 0 Å². The highest BCUT2D eigenvalue weighted by Crippen LogP contribution is 2.32. The molecule has 1 amide bonds. The fourth-order valence-electron chi connectivity index (χ4n) is 4.49. The van der Waals surface area contributed by atoms with E-state index in [2.05, 4.69) is 15.0 Å². The molecule has 2 saturated heterocycles. The Bertz CT molecular complexity index is 1220. The fraction of sp³-hybridized carbons (Fsp3) is 0.478. The Morgan fingerprint density at radius 3 is 2.31 bits per heavy atom. The van der Waals surface area contributed by atoms with Crippen LogP contribution < -0.4 is 9.80 Å². The molecule has 186 valence electrons. The zero-order valence-corrected chi connectivity index (χ0v) is 19.4. The minimum absolute atomic E-state index is 0.0551.